The van der Waals surface area contributed by atoms with Gasteiger partial charge in [0.2, 0.25) is 0 Å². The van der Waals surface area contributed by atoms with Gasteiger partial charge >= 0.3 is 159 Å². The minimum Gasteiger partial charge on any atom is -0.0125 e. The van der Waals surface area contributed by atoms with Gasteiger partial charge in [-0.15, -0.1) is 0 Å². The Labute approximate surface area is 170 Å². The van der Waals surface area contributed by atoms with Crippen LogP contribution in [0.3, 0.4) is 0 Å². The third-order valence-corrected chi connectivity index (χ3v) is 9.10. The van der Waals surface area contributed by atoms with E-state index in [4.69, 9.17) is 0 Å². The maximum Gasteiger partial charge on any atom is -0.0125 e. The van der Waals surface area contributed by atoms with Crippen LogP contribution in [0.2, 0.25) is 8.87 Å². The Morgan fingerprint density at radius 3 is 1.46 bits per heavy atom. The molecule has 0 rings (SSSR count). The molecule has 0 saturated carbocycles. The molecule has 0 aromatic rings. The van der Waals surface area contributed by atoms with E-state index in [9.17, 15) is 0 Å². The van der Waals surface area contributed by atoms with E-state index >= 15 is 0 Å². The summed E-state index contributed by atoms with van der Waals surface area (Å²) in [7, 11) is 0. The second-order valence-electron chi connectivity index (χ2n) is 7.52. The van der Waals surface area contributed by atoms with Crippen molar-refractivity contribution in [2.45, 2.75) is 132 Å². The van der Waals surface area contributed by atoms with Crippen LogP contribution in [0.1, 0.15) is 124 Å². The predicted molar refractivity (Wildman–Crippen MR) is 120 cm³/mol. The summed E-state index contributed by atoms with van der Waals surface area (Å²) < 4.78 is 3.32. The minimum absolute atomic E-state index is 0. The summed E-state index contributed by atoms with van der Waals surface area (Å²) in [6, 6.07) is 0. The Morgan fingerprint density at radius 2 is 0.958 bits per heavy atom. The Hall–Kier alpha value is 1.02. The third-order valence-electron chi connectivity index (χ3n) is 5.07. The Morgan fingerprint density at radius 1 is 0.500 bits per heavy atom. The van der Waals surface area contributed by atoms with Crippen molar-refractivity contribution in [2.24, 2.45) is 5.92 Å². The minimum atomic E-state index is 0. The first kappa shape index (κ1) is 27.2. The fourth-order valence-electron chi connectivity index (χ4n) is 3.62. The van der Waals surface area contributed by atoms with Crippen molar-refractivity contribution in [3.63, 3.8) is 0 Å². The number of hydrogen-bond acceptors (Lipinski definition) is 0. The first-order valence-corrected chi connectivity index (χ1v) is 15.1. The van der Waals surface area contributed by atoms with Gasteiger partial charge in [0.15, 0.2) is 0 Å². The average molecular weight is 460 g/mol. The Bertz CT molecular complexity index is 202. The van der Waals surface area contributed by atoms with Crippen LogP contribution in [-0.2, 0) is 0 Å². The number of rotatable bonds is 19. The van der Waals surface area contributed by atoms with E-state index in [0.717, 1.165) is 5.92 Å². The van der Waals surface area contributed by atoms with Crippen molar-refractivity contribution in [3.8, 4) is 0 Å². The van der Waals surface area contributed by atoms with Crippen LogP contribution in [-0.4, -0.2) is 32.1 Å². The molecule has 0 atom stereocenters. The maximum absolute atomic E-state index is 2.35. The summed E-state index contributed by atoms with van der Waals surface area (Å²) in [4.78, 5) is 0. The molecule has 0 aliphatic heterocycles. The molecule has 0 unspecified atom stereocenters. The maximum atomic E-state index is 2.35. The molecule has 145 valence electrons. The smallest absolute Gasteiger partial charge is 0.0125 e. The van der Waals surface area contributed by atoms with Crippen molar-refractivity contribution in [1.82, 2.24) is 0 Å². The van der Waals surface area contributed by atoms with Crippen molar-refractivity contribution < 1.29 is 0 Å². The molecule has 24 heavy (non-hydrogen) atoms. The van der Waals surface area contributed by atoms with E-state index in [1.54, 1.807) is 21.7 Å². The fraction of sp³-hybridized carbons (Fsp3) is 1.00. The molecule has 0 aliphatic rings. The van der Waals surface area contributed by atoms with Crippen LogP contribution >= 0.6 is 0 Å². The number of hydrogen-bond donors (Lipinski definition) is 0. The summed E-state index contributed by atoms with van der Waals surface area (Å²) in [5.74, 6) is 1.04. The molecule has 0 nitrogen and oxygen atoms in total. The molecule has 2 heteroatoms. The van der Waals surface area contributed by atoms with Crippen molar-refractivity contribution in [2.75, 3.05) is 0 Å². The molecule has 0 N–H and O–H groups in total. The van der Waals surface area contributed by atoms with Crippen molar-refractivity contribution in [3.05, 3.63) is 0 Å². The molecule has 0 aromatic carbocycles. The zero-order valence-corrected chi connectivity index (χ0v) is 22.7. The molecule has 0 aromatic heterocycles. The molecule has 0 spiro atoms. The van der Waals surface area contributed by atoms with Gasteiger partial charge in [-0.05, 0) is 11.0 Å². The van der Waals surface area contributed by atoms with E-state index in [1.165, 1.54) is 89.9 Å². The summed E-state index contributed by atoms with van der Waals surface area (Å²) in [6.07, 6.45) is 23.8. The van der Waals surface area contributed by atoms with E-state index < -0.39 is 0 Å². The van der Waals surface area contributed by atoms with Gasteiger partial charge in [0.05, 0.1) is 0 Å². The van der Waals surface area contributed by atoms with Crippen LogP contribution in [0.5, 0.6) is 0 Å². The quantitative estimate of drug-likeness (QED) is 0.141. The molecule has 0 heterocycles. The van der Waals surface area contributed by atoms with Gasteiger partial charge < -0.3 is 0 Å². The standard InChI is InChI=1S/C14H29.C8H17.H3Si.Sn/c1-4-7-8-9-10-13-14(11-5-2)12-6-3;1-3-5-7-8-6-4-2;;/h14H,1,4-13H2,2-3H3;1,3-8H2,2H3;1H3;. The normalized spacial score (nSPS) is 11.0. The van der Waals surface area contributed by atoms with Crippen molar-refractivity contribution in [1.29, 1.82) is 0 Å². The molecule has 0 saturated heterocycles. The number of unbranched alkanes of at least 4 members (excludes halogenated alkanes) is 9. The van der Waals surface area contributed by atoms with Crippen LogP contribution in [0.4, 0.5) is 0 Å². The second-order valence-corrected chi connectivity index (χ2v) is 11.8. The molecular weight excluding hydrogens is 411 g/mol. The molecule has 0 aliphatic carbocycles. The van der Waals surface area contributed by atoms with Gasteiger partial charge in [-0.2, -0.15) is 0 Å². The summed E-state index contributed by atoms with van der Waals surface area (Å²) in [5, 5.41) is 0. The van der Waals surface area contributed by atoms with Crippen LogP contribution in [0.25, 0.3) is 0 Å². The van der Waals surface area contributed by atoms with E-state index in [2.05, 4.69) is 20.8 Å². The van der Waals surface area contributed by atoms with Crippen molar-refractivity contribution >= 4 is 32.1 Å². The van der Waals surface area contributed by atoms with Crippen LogP contribution in [0.15, 0.2) is 0 Å². The van der Waals surface area contributed by atoms with Gasteiger partial charge in [0.1, 0.15) is 0 Å². The van der Waals surface area contributed by atoms with E-state index in [1.807, 2.05) is 0 Å². The van der Waals surface area contributed by atoms with Gasteiger partial charge in [-0.25, -0.2) is 0 Å². The van der Waals surface area contributed by atoms with Crippen LogP contribution in [0, 0.1) is 5.92 Å². The first-order valence-electron chi connectivity index (χ1n) is 11.1. The Kier molecular flexibility index (Phi) is 27.3. The zero-order valence-electron chi connectivity index (χ0n) is 17.8. The van der Waals surface area contributed by atoms with Gasteiger partial charge in [0.25, 0.3) is 0 Å². The largest absolute Gasteiger partial charge is 0.0125 e. The van der Waals surface area contributed by atoms with E-state index in [0.29, 0.717) is 0 Å². The second kappa shape index (κ2) is 24.0. The fourth-order valence-corrected chi connectivity index (χ4v) is 7.19. The summed E-state index contributed by atoms with van der Waals surface area (Å²) >= 11 is 0.0406. The summed E-state index contributed by atoms with van der Waals surface area (Å²) in [6.45, 7) is 7.00. The molecule has 0 amide bonds. The van der Waals surface area contributed by atoms with Crippen LogP contribution < -0.4 is 0 Å². The Balaban J connectivity index is 0. The molecule has 0 fully saturated rings. The summed E-state index contributed by atoms with van der Waals surface area (Å²) in [5.41, 5.74) is 0. The molecular formula is C22H49SiSn. The van der Waals surface area contributed by atoms with Gasteiger partial charge in [-0.1, -0.05) is 0 Å². The predicted octanol–water partition coefficient (Wildman–Crippen LogP) is 7.26. The average Bonchev–Trinajstić information content (AvgIpc) is 2.55. The van der Waals surface area contributed by atoms with Gasteiger partial charge in [-0.3, -0.25) is 0 Å². The molecule has 0 bridgehead atoms. The monoisotopic (exact) mass is 461 g/mol. The topological polar surface area (TPSA) is 0 Å². The third kappa shape index (κ3) is 21.1. The van der Waals surface area contributed by atoms with E-state index in [-0.39, 0.29) is 32.1 Å². The first-order chi connectivity index (χ1) is 11.3. The SMILES string of the molecule is CCCCCCC[CH2][Sn][CH2]CCCCCCC(CCC)CCC.[SiH3]. The molecule has 3 radical (unpaired) electrons. The van der Waals surface area contributed by atoms with Gasteiger partial charge in [0, 0.05) is 0 Å². The zero-order chi connectivity index (χ0) is 17.0.